The van der Waals surface area contributed by atoms with E-state index in [4.69, 9.17) is 5.11 Å². The molecule has 6 heteroatoms. The Morgan fingerprint density at radius 3 is 2.33 bits per heavy atom. The number of aromatic carboxylic acids is 1. The molecule has 0 aliphatic heterocycles. The van der Waals surface area contributed by atoms with Gasteiger partial charge in [0.15, 0.2) is 0 Å². The van der Waals surface area contributed by atoms with E-state index < -0.39 is 5.97 Å². The Hall–Kier alpha value is -2.34. The molecule has 0 fully saturated rings. The number of rotatable bonds is 6. The second-order valence-corrected chi connectivity index (χ2v) is 7.27. The van der Waals surface area contributed by atoms with Crippen molar-refractivity contribution in [1.82, 2.24) is 10.2 Å². The maximum absolute atomic E-state index is 12.5. The summed E-state index contributed by atoms with van der Waals surface area (Å²) < 4.78 is 0. The minimum absolute atomic E-state index is 0.0850. The highest BCUT2D eigenvalue weighted by Gasteiger charge is 2.17. The van der Waals surface area contributed by atoms with Crippen LogP contribution in [0.15, 0.2) is 36.4 Å². The van der Waals surface area contributed by atoms with Crippen LogP contribution in [-0.2, 0) is 13.1 Å². The van der Waals surface area contributed by atoms with Gasteiger partial charge < -0.3 is 15.3 Å². The highest BCUT2D eigenvalue weighted by Crippen LogP contribution is 2.18. The van der Waals surface area contributed by atoms with Gasteiger partial charge >= 0.3 is 12.0 Å². The van der Waals surface area contributed by atoms with E-state index >= 15 is 0 Å². The Kier molecular flexibility index (Phi) is 5.98. The van der Waals surface area contributed by atoms with E-state index in [-0.39, 0.29) is 17.6 Å². The van der Waals surface area contributed by atoms with Crippen molar-refractivity contribution in [2.24, 2.45) is 0 Å². The monoisotopic (exact) mass is 346 g/mol. The van der Waals surface area contributed by atoms with Crippen LogP contribution >= 0.6 is 11.3 Å². The average Bonchev–Trinajstić information content (AvgIpc) is 2.95. The summed E-state index contributed by atoms with van der Waals surface area (Å²) in [7, 11) is 0. The van der Waals surface area contributed by atoms with E-state index in [0.717, 1.165) is 10.4 Å². The van der Waals surface area contributed by atoms with Gasteiger partial charge in [-0.15, -0.1) is 11.3 Å². The molecule has 5 nitrogen and oxygen atoms in total. The summed E-state index contributed by atoms with van der Waals surface area (Å²) in [6, 6.07) is 10.6. The predicted octanol–water partition coefficient (Wildman–Crippen LogP) is 3.87. The van der Waals surface area contributed by atoms with Crippen LogP contribution in [0.1, 0.15) is 39.5 Å². The molecule has 0 spiro atoms. The first-order chi connectivity index (χ1) is 11.4. The van der Waals surface area contributed by atoms with Gasteiger partial charge in [-0.25, -0.2) is 9.59 Å². The number of nitrogens with one attached hydrogen (secondary N) is 1. The van der Waals surface area contributed by atoms with E-state index in [2.05, 4.69) is 18.3 Å². The standard InChI is InChI=1S/C18H22N2O3S/c1-12(2)20(11-16-9-4-13(3)24-16)18(23)19-10-14-5-7-15(8-6-14)17(21)22/h4-9,12H,10-11H2,1-3H3,(H,19,23)(H,21,22). The molecule has 1 heterocycles. The van der Waals surface area contributed by atoms with Crippen LogP contribution in [-0.4, -0.2) is 28.0 Å². The summed E-state index contributed by atoms with van der Waals surface area (Å²) in [5, 5.41) is 11.8. The number of amides is 2. The lowest BCUT2D eigenvalue weighted by atomic mass is 10.1. The van der Waals surface area contributed by atoms with Crippen LogP contribution in [0, 0.1) is 6.92 Å². The SMILES string of the molecule is Cc1ccc(CN(C(=O)NCc2ccc(C(=O)O)cc2)C(C)C)s1. The predicted molar refractivity (Wildman–Crippen MR) is 95.4 cm³/mol. The number of aryl methyl sites for hydroxylation is 1. The second-order valence-electron chi connectivity index (χ2n) is 5.89. The molecule has 1 aromatic carbocycles. The second kappa shape index (κ2) is 7.97. The summed E-state index contributed by atoms with van der Waals surface area (Å²) in [5.41, 5.74) is 1.10. The molecule has 0 saturated heterocycles. The third kappa shape index (κ3) is 4.83. The van der Waals surface area contributed by atoms with Crippen LogP contribution in [0.3, 0.4) is 0 Å². The van der Waals surface area contributed by atoms with Crippen molar-refractivity contribution in [3.63, 3.8) is 0 Å². The largest absolute Gasteiger partial charge is 0.478 e. The quantitative estimate of drug-likeness (QED) is 0.834. The van der Waals surface area contributed by atoms with Gasteiger partial charge in [0, 0.05) is 22.3 Å². The summed E-state index contributed by atoms with van der Waals surface area (Å²) in [4.78, 5) is 27.5. The number of hydrogen-bond acceptors (Lipinski definition) is 3. The lowest BCUT2D eigenvalue weighted by molar-refractivity contribution is 0.0697. The van der Waals surface area contributed by atoms with Gasteiger partial charge in [-0.2, -0.15) is 0 Å². The first-order valence-electron chi connectivity index (χ1n) is 7.79. The number of carboxylic acid groups (broad SMARTS) is 1. The fraction of sp³-hybridized carbons (Fsp3) is 0.333. The van der Waals surface area contributed by atoms with Crippen molar-refractivity contribution in [1.29, 1.82) is 0 Å². The minimum Gasteiger partial charge on any atom is -0.478 e. The van der Waals surface area contributed by atoms with Gasteiger partial charge in [-0.1, -0.05) is 12.1 Å². The fourth-order valence-corrected chi connectivity index (χ4v) is 3.16. The number of carbonyl (C=O) groups excluding carboxylic acids is 1. The lowest BCUT2D eigenvalue weighted by Crippen LogP contribution is -2.43. The molecule has 1 aromatic heterocycles. The molecule has 2 amide bonds. The van der Waals surface area contributed by atoms with E-state index in [1.165, 1.54) is 4.88 Å². The molecule has 128 valence electrons. The summed E-state index contributed by atoms with van der Waals surface area (Å²) >= 11 is 1.69. The Labute approximate surface area is 145 Å². The molecule has 0 radical (unpaired) electrons. The molecular weight excluding hydrogens is 324 g/mol. The zero-order valence-electron chi connectivity index (χ0n) is 14.1. The third-order valence-electron chi connectivity index (χ3n) is 3.65. The van der Waals surface area contributed by atoms with Gasteiger partial charge in [0.25, 0.3) is 0 Å². The topological polar surface area (TPSA) is 69.6 Å². The fourth-order valence-electron chi connectivity index (χ4n) is 2.27. The van der Waals surface area contributed by atoms with E-state index in [1.54, 1.807) is 40.5 Å². The van der Waals surface area contributed by atoms with Gasteiger partial charge in [0.2, 0.25) is 0 Å². The Morgan fingerprint density at radius 2 is 1.83 bits per heavy atom. The molecule has 0 saturated carbocycles. The van der Waals surface area contributed by atoms with Crippen molar-refractivity contribution in [3.05, 3.63) is 57.3 Å². The molecule has 0 aliphatic carbocycles. The molecule has 0 unspecified atom stereocenters. The Morgan fingerprint density at radius 1 is 1.17 bits per heavy atom. The minimum atomic E-state index is -0.956. The molecule has 24 heavy (non-hydrogen) atoms. The van der Waals surface area contributed by atoms with Gasteiger partial charge in [-0.3, -0.25) is 0 Å². The van der Waals surface area contributed by atoms with E-state index in [1.807, 2.05) is 19.9 Å². The number of carbonyl (C=O) groups is 2. The number of urea groups is 1. The maximum atomic E-state index is 12.5. The molecular formula is C18H22N2O3S. The molecule has 0 bridgehead atoms. The normalized spacial score (nSPS) is 10.7. The zero-order valence-corrected chi connectivity index (χ0v) is 14.9. The molecule has 0 aliphatic rings. The zero-order chi connectivity index (χ0) is 17.7. The highest BCUT2D eigenvalue weighted by atomic mass is 32.1. The van der Waals surface area contributed by atoms with Crippen LogP contribution in [0.25, 0.3) is 0 Å². The summed E-state index contributed by atoms with van der Waals surface area (Å²) in [5.74, 6) is -0.956. The number of carboxylic acids is 1. The smallest absolute Gasteiger partial charge is 0.335 e. The molecule has 0 atom stereocenters. The van der Waals surface area contributed by atoms with E-state index in [0.29, 0.717) is 13.1 Å². The third-order valence-corrected chi connectivity index (χ3v) is 4.64. The van der Waals surface area contributed by atoms with Gasteiger partial charge in [-0.05, 0) is 50.6 Å². The number of thiophene rings is 1. The van der Waals surface area contributed by atoms with Crippen LogP contribution in [0.4, 0.5) is 4.79 Å². The van der Waals surface area contributed by atoms with Crippen molar-refractivity contribution in [2.45, 2.75) is 39.9 Å². The molecule has 2 rings (SSSR count). The number of nitrogens with zero attached hydrogens (tertiary/aromatic N) is 1. The number of hydrogen-bond donors (Lipinski definition) is 2. The van der Waals surface area contributed by atoms with Crippen LogP contribution in [0.2, 0.25) is 0 Å². The number of benzene rings is 1. The van der Waals surface area contributed by atoms with Crippen LogP contribution in [0.5, 0.6) is 0 Å². The Bertz CT molecular complexity index is 707. The average molecular weight is 346 g/mol. The molecule has 2 aromatic rings. The van der Waals surface area contributed by atoms with Crippen molar-refractivity contribution < 1.29 is 14.7 Å². The summed E-state index contributed by atoms with van der Waals surface area (Å²) in [6.07, 6.45) is 0. The van der Waals surface area contributed by atoms with E-state index in [9.17, 15) is 9.59 Å². The lowest BCUT2D eigenvalue weighted by Gasteiger charge is -2.26. The van der Waals surface area contributed by atoms with Crippen molar-refractivity contribution >= 4 is 23.3 Å². The first kappa shape index (κ1) is 18.0. The van der Waals surface area contributed by atoms with Crippen molar-refractivity contribution in [2.75, 3.05) is 0 Å². The maximum Gasteiger partial charge on any atom is 0.335 e. The summed E-state index contributed by atoms with van der Waals surface area (Å²) in [6.45, 7) is 6.98. The first-order valence-corrected chi connectivity index (χ1v) is 8.60. The molecule has 2 N–H and O–H groups in total. The van der Waals surface area contributed by atoms with Crippen LogP contribution < -0.4 is 5.32 Å². The van der Waals surface area contributed by atoms with Gasteiger partial charge in [0.1, 0.15) is 0 Å². The van der Waals surface area contributed by atoms with Crippen molar-refractivity contribution in [3.8, 4) is 0 Å². The van der Waals surface area contributed by atoms with Gasteiger partial charge in [0.05, 0.1) is 12.1 Å². The highest BCUT2D eigenvalue weighted by molar-refractivity contribution is 7.11. The Balaban J connectivity index is 1.96.